The zero-order valence-electron chi connectivity index (χ0n) is 8.91. The minimum atomic E-state index is -4.14. The van der Waals surface area contributed by atoms with E-state index in [0.29, 0.717) is 11.1 Å². The number of carbonyl (C=O) groups is 1. The molecule has 0 aliphatic heterocycles. The lowest BCUT2D eigenvalue weighted by molar-refractivity contribution is -0.138. The number of carboxylic acid groups (broad SMARTS) is 1. The molecule has 1 aromatic rings. The second-order valence-corrected chi connectivity index (χ2v) is 5.10. The van der Waals surface area contributed by atoms with Crippen LogP contribution in [0.25, 0.3) is 0 Å². The third kappa shape index (κ3) is 4.51. The van der Waals surface area contributed by atoms with Gasteiger partial charge in [-0.2, -0.15) is 8.42 Å². The van der Waals surface area contributed by atoms with Crippen molar-refractivity contribution in [3.8, 4) is 0 Å². The molecule has 0 amide bonds. The van der Waals surface area contributed by atoms with Crippen molar-refractivity contribution in [1.29, 1.82) is 0 Å². The smallest absolute Gasteiger partial charge is 0.320 e. The summed E-state index contributed by atoms with van der Waals surface area (Å²) < 4.78 is 30.3. The van der Waals surface area contributed by atoms with Gasteiger partial charge in [0.1, 0.15) is 11.8 Å². The first-order valence-electron chi connectivity index (χ1n) is 4.80. The van der Waals surface area contributed by atoms with Crippen LogP contribution in [0.3, 0.4) is 0 Å². The van der Waals surface area contributed by atoms with E-state index in [1.165, 1.54) is 6.07 Å². The first-order chi connectivity index (χ1) is 7.79. The van der Waals surface area contributed by atoms with Gasteiger partial charge in [0.05, 0.1) is 0 Å². The van der Waals surface area contributed by atoms with E-state index in [0.717, 1.165) is 0 Å². The molecule has 6 nitrogen and oxygen atoms in total. The van der Waals surface area contributed by atoms with E-state index in [4.69, 9.17) is 15.4 Å². The summed E-state index contributed by atoms with van der Waals surface area (Å²) in [7, 11) is -4.14. The van der Waals surface area contributed by atoms with Gasteiger partial charge >= 0.3 is 5.97 Å². The Balaban J connectivity index is 2.96. The average Bonchev–Trinajstić information content (AvgIpc) is 2.18. The van der Waals surface area contributed by atoms with Crippen LogP contribution >= 0.6 is 0 Å². The maximum Gasteiger partial charge on any atom is 0.320 e. The van der Waals surface area contributed by atoms with Gasteiger partial charge in [-0.3, -0.25) is 9.35 Å². The Hall–Kier alpha value is -1.44. The van der Waals surface area contributed by atoms with Crippen LogP contribution in [0.15, 0.2) is 24.3 Å². The lowest BCUT2D eigenvalue weighted by atomic mass is 10.0. The van der Waals surface area contributed by atoms with Crippen LogP contribution in [0.1, 0.15) is 11.1 Å². The van der Waals surface area contributed by atoms with Crippen LogP contribution in [0.4, 0.5) is 0 Å². The van der Waals surface area contributed by atoms with Gasteiger partial charge in [0.25, 0.3) is 10.1 Å². The minimum absolute atomic E-state index is 0.0149. The molecule has 94 valence electrons. The summed E-state index contributed by atoms with van der Waals surface area (Å²) in [4.78, 5) is 10.6. The fraction of sp³-hybridized carbons (Fsp3) is 0.300. The highest BCUT2D eigenvalue weighted by Crippen LogP contribution is 2.13. The number of hydrogen-bond donors (Lipinski definition) is 3. The molecule has 0 saturated carbocycles. The first-order valence-corrected chi connectivity index (χ1v) is 6.41. The van der Waals surface area contributed by atoms with E-state index in [9.17, 15) is 13.2 Å². The van der Waals surface area contributed by atoms with Gasteiger partial charge in [0, 0.05) is 0 Å². The Kier molecular flexibility index (Phi) is 4.22. The van der Waals surface area contributed by atoms with Crippen molar-refractivity contribution >= 4 is 16.1 Å². The van der Waals surface area contributed by atoms with Crippen LogP contribution in [0.2, 0.25) is 0 Å². The zero-order valence-corrected chi connectivity index (χ0v) is 9.72. The predicted octanol–water partition coefficient (Wildman–Crippen LogP) is 0.0288. The van der Waals surface area contributed by atoms with Crippen LogP contribution in [0.5, 0.6) is 0 Å². The maximum atomic E-state index is 10.8. The third-order valence-electron chi connectivity index (χ3n) is 2.21. The fourth-order valence-corrected chi connectivity index (χ4v) is 2.09. The molecule has 1 rings (SSSR count). The van der Waals surface area contributed by atoms with Crippen molar-refractivity contribution in [2.24, 2.45) is 5.73 Å². The number of rotatable bonds is 5. The molecule has 0 saturated heterocycles. The molecule has 1 aromatic carbocycles. The topological polar surface area (TPSA) is 118 Å². The second kappa shape index (κ2) is 5.26. The molecule has 0 aromatic heterocycles. The maximum absolute atomic E-state index is 10.8. The van der Waals surface area contributed by atoms with Gasteiger partial charge < -0.3 is 10.8 Å². The van der Waals surface area contributed by atoms with Gasteiger partial charge in [-0.15, -0.1) is 0 Å². The van der Waals surface area contributed by atoms with E-state index in [-0.39, 0.29) is 6.42 Å². The summed E-state index contributed by atoms with van der Waals surface area (Å²) in [6, 6.07) is 5.26. The van der Waals surface area contributed by atoms with E-state index in [1.54, 1.807) is 18.2 Å². The molecule has 17 heavy (non-hydrogen) atoms. The summed E-state index contributed by atoms with van der Waals surface area (Å²) >= 11 is 0. The highest BCUT2D eigenvalue weighted by Gasteiger charge is 2.16. The van der Waals surface area contributed by atoms with Gasteiger partial charge in [-0.1, -0.05) is 24.3 Å². The molecule has 0 bridgehead atoms. The van der Waals surface area contributed by atoms with Crippen LogP contribution in [-0.2, 0) is 27.1 Å². The number of nitrogens with two attached hydrogens (primary N) is 1. The van der Waals surface area contributed by atoms with Crippen molar-refractivity contribution in [3.05, 3.63) is 35.4 Å². The van der Waals surface area contributed by atoms with Crippen molar-refractivity contribution in [1.82, 2.24) is 0 Å². The predicted molar refractivity (Wildman–Crippen MR) is 61.0 cm³/mol. The zero-order chi connectivity index (χ0) is 13.1. The highest BCUT2D eigenvalue weighted by molar-refractivity contribution is 7.85. The van der Waals surface area contributed by atoms with Gasteiger partial charge in [0.2, 0.25) is 0 Å². The Morgan fingerprint density at radius 2 is 1.82 bits per heavy atom. The lowest BCUT2D eigenvalue weighted by Gasteiger charge is -2.10. The Morgan fingerprint density at radius 3 is 2.29 bits per heavy atom. The molecular formula is C10H13NO5S. The van der Waals surface area contributed by atoms with Gasteiger partial charge in [-0.25, -0.2) is 0 Å². The van der Waals surface area contributed by atoms with E-state index < -0.39 is 27.9 Å². The molecule has 0 fully saturated rings. The number of carboxylic acids is 1. The molecule has 0 radical (unpaired) electrons. The minimum Gasteiger partial charge on any atom is -0.480 e. The van der Waals surface area contributed by atoms with Gasteiger partial charge in [0.15, 0.2) is 0 Å². The first kappa shape index (κ1) is 13.6. The molecule has 0 spiro atoms. The SMILES string of the molecule is N[C@@H](Cc1ccccc1CS(=O)(=O)O)C(=O)O. The highest BCUT2D eigenvalue weighted by atomic mass is 32.2. The monoisotopic (exact) mass is 259 g/mol. The molecule has 0 unspecified atom stereocenters. The largest absolute Gasteiger partial charge is 0.480 e. The molecule has 4 N–H and O–H groups in total. The van der Waals surface area contributed by atoms with E-state index in [2.05, 4.69) is 0 Å². The Bertz CT molecular complexity index is 511. The average molecular weight is 259 g/mol. The van der Waals surface area contributed by atoms with E-state index in [1.807, 2.05) is 0 Å². The summed E-state index contributed by atoms with van der Waals surface area (Å²) in [6.45, 7) is 0. The van der Waals surface area contributed by atoms with Crippen LogP contribution in [-0.4, -0.2) is 30.1 Å². The molecule has 0 aliphatic rings. The molecule has 1 atom stereocenters. The number of aliphatic carboxylic acids is 1. The normalized spacial score (nSPS) is 13.3. The molecule has 7 heteroatoms. The van der Waals surface area contributed by atoms with Crippen molar-refractivity contribution in [2.45, 2.75) is 18.2 Å². The van der Waals surface area contributed by atoms with Crippen molar-refractivity contribution < 1.29 is 22.9 Å². The van der Waals surface area contributed by atoms with E-state index >= 15 is 0 Å². The number of benzene rings is 1. The Labute approximate surface area is 98.8 Å². The van der Waals surface area contributed by atoms with Crippen molar-refractivity contribution in [3.63, 3.8) is 0 Å². The summed E-state index contributed by atoms with van der Waals surface area (Å²) in [5.41, 5.74) is 6.22. The number of hydrogen-bond acceptors (Lipinski definition) is 4. The van der Waals surface area contributed by atoms with Crippen LogP contribution in [0, 0.1) is 0 Å². The standard InChI is InChI=1S/C10H13NO5S/c11-9(10(12)13)5-7-3-1-2-4-8(7)6-17(14,15)16/h1-4,9H,5-6,11H2,(H,12,13)(H,14,15,16)/t9-/m0/s1. The summed E-state index contributed by atoms with van der Waals surface area (Å²) in [6.07, 6.45) is 0.0149. The van der Waals surface area contributed by atoms with Crippen molar-refractivity contribution in [2.75, 3.05) is 0 Å². The second-order valence-electron chi connectivity index (χ2n) is 3.64. The summed E-state index contributed by atoms with van der Waals surface area (Å²) in [5, 5.41) is 8.67. The molecular weight excluding hydrogens is 246 g/mol. The molecule has 0 heterocycles. The summed E-state index contributed by atoms with van der Waals surface area (Å²) in [5.74, 6) is -1.71. The molecule has 0 aliphatic carbocycles. The Morgan fingerprint density at radius 1 is 1.29 bits per heavy atom. The fourth-order valence-electron chi connectivity index (χ4n) is 1.42. The third-order valence-corrected chi connectivity index (χ3v) is 2.89. The quantitative estimate of drug-likeness (QED) is 0.642. The van der Waals surface area contributed by atoms with Gasteiger partial charge in [-0.05, 0) is 17.5 Å². The lowest BCUT2D eigenvalue weighted by Crippen LogP contribution is -2.32. The van der Waals surface area contributed by atoms with Crippen LogP contribution < -0.4 is 5.73 Å².